The normalized spacial score (nSPS) is 22.4. The molecule has 1 aliphatic heterocycles. The van der Waals surface area contributed by atoms with Crippen molar-refractivity contribution >= 4 is 33.6 Å². The van der Waals surface area contributed by atoms with Gasteiger partial charge in [0.05, 0.1) is 23.6 Å². The Bertz CT molecular complexity index is 1010. The fourth-order valence-electron chi connectivity index (χ4n) is 4.30. The van der Waals surface area contributed by atoms with Gasteiger partial charge < -0.3 is 15.5 Å². The lowest BCUT2D eigenvalue weighted by atomic mass is 10.1. The maximum Gasteiger partial charge on any atom is 0.356 e. The SMILES string of the molecule is CC(C)(O)C1SC=C(CO)N1S(N)(=O)=NC(=O)Nc1c2c(nc3c1CCC3)CCC2. The average molecular weight is 454 g/mol. The van der Waals surface area contributed by atoms with Crippen LogP contribution in [0.3, 0.4) is 0 Å². The number of nitrogens with zero attached hydrogens (tertiary/aromatic N) is 3. The van der Waals surface area contributed by atoms with Gasteiger partial charge in [-0.2, -0.15) is 0 Å². The molecule has 1 aromatic rings. The summed E-state index contributed by atoms with van der Waals surface area (Å²) < 4.78 is 18.2. The van der Waals surface area contributed by atoms with Crippen LogP contribution in [0.25, 0.3) is 0 Å². The molecule has 0 spiro atoms. The zero-order valence-electron chi connectivity index (χ0n) is 17.1. The number of carbonyl (C=O) groups is 1. The molecular weight excluding hydrogens is 426 g/mol. The number of aliphatic hydroxyl groups excluding tert-OH is 1. The first kappa shape index (κ1) is 21.6. The number of urea groups is 1. The third kappa shape index (κ3) is 3.84. The number of carbonyl (C=O) groups excluding carboxylic acids is 1. The lowest BCUT2D eigenvalue weighted by molar-refractivity contribution is 0.0518. The number of thioether (sulfide) groups is 1. The molecule has 0 radical (unpaired) electrons. The first-order valence-corrected chi connectivity index (χ1v) is 12.5. The molecule has 0 saturated heterocycles. The quantitative estimate of drug-likeness (QED) is 0.548. The van der Waals surface area contributed by atoms with Gasteiger partial charge in [-0.1, -0.05) is 0 Å². The highest BCUT2D eigenvalue weighted by Gasteiger charge is 2.42. The number of pyridine rings is 1. The van der Waals surface area contributed by atoms with Gasteiger partial charge in [0.1, 0.15) is 5.37 Å². The van der Waals surface area contributed by atoms with Crippen LogP contribution >= 0.6 is 11.8 Å². The van der Waals surface area contributed by atoms with Crippen molar-refractivity contribution in [2.24, 2.45) is 9.50 Å². The predicted molar refractivity (Wildman–Crippen MR) is 117 cm³/mol. The van der Waals surface area contributed by atoms with Crippen LogP contribution in [0, 0.1) is 0 Å². The molecule has 9 nitrogen and oxygen atoms in total. The Morgan fingerprint density at radius 3 is 2.47 bits per heavy atom. The summed E-state index contributed by atoms with van der Waals surface area (Å²) in [7, 11) is -3.73. The van der Waals surface area contributed by atoms with E-state index in [-0.39, 0.29) is 5.70 Å². The summed E-state index contributed by atoms with van der Waals surface area (Å²) in [6.45, 7) is 2.66. The topological polar surface area (TPSA) is 141 Å². The second-order valence-electron chi connectivity index (χ2n) is 8.34. The summed E-state index contributed by atoms with van der Waals surface area (Å²) in [5.41, 5.74) is 3.79. The summed E-state index contributed by atoms with van der Waals surface area (Å²) in [5, 5.41) is 29.7. The molecule has 0 saturated carbocycles. The molecule has 30 heavy (non-hydrogen) atoms. The van der Waals surface area contributed by atoms with Crippen molar-refractivity contribution in [3.05, 3.63) is 33.6 Å². The lowest BCUT2D eigenvalue weighted by Crippen LogP contribution is -2.50. The van der Waals surface area contributed by atoms with Crippen molar-refractivity contribution in [2.75, 3.05) is 11.9 Å². The van der Waals surface area contributed by atoms with Gasteiger partial charge in [0, 0.05) is 11.4 Å². The van der Waals surface area contributed by atoms with Crippen molar-refractivity contribution < 1.29 is 19.2 Å². The molecule has 0 aromatic carbocycles. The number of anilines is 1. The summed E-state index contributed by atoms with van der Waals surface area (Å²) in [5.74, 6) is 0. The van der Waals surface area contributed by atoms with Crippen molar-refractivity contribution in [3.8, 4) is 0 Å². The molecule has 0 bridgehead atoms. The number of fused-ring (bicyclic) bond motifs is 2. The summed E-state index contributed by atoms with van der Waals surface area (Å²) in [6, 6.07) is -0.805. The van der Waals surface area contributed by atoms with E-state index in [1.165, 1.54) is 11.8 Å². The summed E-state index contributed by atoms with van der Waals surface area (Å²) in [6.07, 6.45) is 5.43. The second-order valence-corrected chi connectivity index (χ2v) is 10.9. The largest absolute Gasteiger partial charge is 0.390 e. The Morgan fingerprint density at radius 1 is 1.33 bits per heavy atom. The maximum absolute atomic E-state index is 13.3. The van der Waals surface area contributed by atoms with Crippen LogP contribution in [0.4, 0.5) is 10.5 Å². The first-order chi connectivity index (χ1) is 14.1. The monoisotopic (exact) mass is 453 g/mol. The molecule has 2 unspecified atom stereocenters. The molecule has 3 aliphatic rings. The predicted octanol–water partition coefficient (Wildman–Crippen LogP) is 1.83. The maximum atomic E-state index is 13.3. The molecule has 2 amide bonds. The average Bonchev–Trinajstić information content (AvgIpc) is 3.38. The highest BCUT2D eigenvalue weighted by Crippen LogP contribution is 2.39. The zero-order chi connectivity index (χ0) is 21.7. The number of aryl methyl sites for hydroxylation is 2. The van der Waals surface area contributed by atoms with Gasteiger partial charge in [-0.3, -0.25) is 9.29 Å². The molecule has 0 fully saturated rings. The van der Waals surface area contributed by atoms with E-state index in [4.69, 9.17) is 10.1 Å². The summed E-state index contributed by atoms with van der Waals surface area (Å²) >= 11 is 1.18. The Labute approximate surface area is 180 Å². The molecule has 1 aromatic heterocycles. The van der Waals surface area contributed by atoms with E-state index < -0.39 is 33.7 Å². The molecule has 2 heterocycles. The van der Waals surface area contributed by atoms with Crippen molar-refractivity contribution in [1.29, 1.82) is 0 Å². The minimum Gasteiger partial charge on any atom is -0.390 e. The number of amides is 2. The third-order valence-corrected chi connectivity index (χ3v) is 8.60. The van der Waals surface area contributed by atoms with Crippen LogP contribution in [0.5, 0.6) is 0 Å². The number of hydrogen-bond donors (Lipinski definition) is 4. The van der Waals surface area contributed by atoms with E-state index in [0.29, 0.717) is 0 Å². The Balaban J connectivity index is 1.67. The smallest absolute Gasteiger partial charge is 0.356 e. The second kappa shape index (κ2) is 7.79. The Hall–Kier alpha value is -1.66. The standard InChI is InChI=1S/C19H27N5O4S2/c1-19(2,27)17-24(11(9-25)10-29-17)30(20,28)23-18(26)22-16-12-5-3-7-14(12)21-15-8-4-6-13(15)16/h10,17,25,27H,3-9H2,1-2H3,(H3,20,21,22,23,26,28). The Morgan fingerprint density at radius 2 is 1.93 bits per heavy atom. The van der Waals surface area contributed by atoms with Gasteiger partial charge in [0.15, 0.2) is 0 Å². The molecular formula is C19H27N5O4S2. The van der Waals surface area contributed by atoms with Crippen molar-refractivity contribution in [3.63, 3.8) is 0 Å². The highest BCUT2D eigenvalue weighted by atomic mass is 32.2. The van der Waals surface area contributed by atoms with Gasteiger partial charge in [0.2, 0.25) is 10.1 Å². The fraction of sp³-hybridized carbons (Fsp3) is 0.579. The van der Waals surface area contributed by atoms with E-state index in [9.17, 15) is 19.2 Å². The zero-order valence-corrected chi connectivity index (χ0v) is 18.7. The van der Waals surface area contributed by atoms with Gasteiger partial charge >= 0.3 is 6.03 Å². The van der Waals surface area contributed by atoms with Crippen molar-refractivity contribution in [1.82, 2.24) is 9.29 Å². The van der Waals surface area contributed by atoms with Crippen molar-refractivity contribution in [2.45, 2.75) is 63.3 Å². The molecule has 2 atom stereocenters. The minimum absolute atomic E-state index is 0.252. The number of rotatable bonds is 4. The molecule has 164 valence electrons. The number of hydrogen-bond acceptors (Lipinski definition) is 6. The van der Waals surface area contributed by atoms with E-state index in [2.05, 4.69) is 9.68 Å². The van der Waals surface area contributed by atoms with E-state index in [1.54, 1.807) is 19.3 Å². The van der Waals surface area contributed by atoms with Gasteiger partial charge in [0.25, 0.3) is 0 Å². The Kier molecular flexibility index (Phi) is 5.60. The number of aromatic nitrogens is 1. The van der Waals surface area contributed by atoms with Crippen LogP contribution in [0.1, 0.15) is 49.2 Å². The molecule has 2 aliphatic carbocycles. The van der Waals surface area contributed by atoms with Gasteiger partial charge in [-0.05, 0) is 68.9 Å². The molecule has 11 heteroatoms. The third-order valence-electron chi connectivity index (χ3n) is 5.57. The number of nitrogens with one attached hydrogen (secondary N) is 1. The van der Waals surface area contributed by atoms with Crippen LogP contribution in [0.2, 0.25) is 0 Å². The van der Waals surface area contributed by atoms with Gasteiger partial charge in [-0.25, -0.2) is 14.1 Å². The lowest BCUT2D eigenvalue weighted by Gasteiger charge is -2.35. The van der Waals surface area contributed by atoms with Gasteiger partial charge in [-0.15, -0.1) is 16.1 Å². The molecule has 5 N–H and O–H groups in total. The van der Waals surface area contributed by atoms with Crippen LogP contribution < -0.4 is 10.5 Å². The minimum atomic E-state index is -3.73. The fourth-order valence-corrected chi connectivity index (χ4v) is 7.28. The summed E-state index contributed by atoms with van der Waals surface area (Å²) in [4.78, 5) is 17.6. The van der Waals surface area contributed by atoms with Crippen LogP contribution in [0.15, 0.2) is 15.5 Å². The number of nitrogens with two attached hydrogens (primary N) is 1. The number of aliphatic hydroxyl groups is 2. The van der Waals surface area contributed by atoms with Crippen LogP contribution in [-0.2, 0) is 35.8 Å². The highest BCUT2D eigenvalue weighted by molar-refractivity contribution is 8.04. The van der Waals surface area contributed by atoms with E-state index in [1.807, 2.05) is 0 Å². The van der Waals surface area contributed by atoms with Crippen LogP contribution in [-0.4, -0.2) is 47.3 Å². The van der Waals surface area contributed by atoms with E-state index in [0.717, 1.165) is 71.0 Å². The first-order valence-electron chi connectivity index (χ1n) is 9.98. The molecule has 4 rings (SSSR count). The van der Waals surface area contributed by atoms with E-state index >= 15 is 0 Å².